The molecule has 0 spiro atoms. The molecule has 2 N–H and O–H groups in total. The topological polar surface area (TPSA) is 53.7 Å². The van der Waals surface area contributed by atoms with Crippen LogP contribution < -0.4 is 15.4 Å². The molecular weight excluding hydrogens is 218 g/mol. The van der Waals surface area contributed by atoms with Gasteiger partial charge in [-0.15, -0.1) is 0 Å². The minimum Gasteiger partial charge on any atom is -0.453 e. The first-order valence-electron chi connectivity index (χ1n) is 4.69. The summed E-state index contributed by atoms with van der Waals surface area (Å²) in [6, 6.07) is 1.81. The van der Waals surface area contributed by atoms with E-state index in [0.717, 1.165) is 23.3 Å². The van der Waals surface area contributed by atoms with Gasteiger partial charge >= 0.3 is 0 Å². The molecule has 2 rings (SSSR count). The lowest BCUT2D eigenvalue weighted by Gasteiger charge is -2.10. The number of rotatable bonds is 3. The summed E-state index contributed by atoms with van der Waals surface area (Å²) in [5.41, 5.74) is 1.98. The smallest absolute Gasteiger partial charge is 0.231 e. The molecule has 0 fully saturated rings. The second-order valence-corrected chi connectivity index (χ2v) is 3.63. The largest absolute Gasteiger partial charge is 0.453 e. The first-order chi connectivity index (χ1) is 7.27. The second-order valence-electron chi connectivity index (χ2n) is 3.23. The highest BCUT2D eigenvalue weighted by Crippen LogP contribution is 2.43. The van der Waals surface area contributed by atoms with Crippen molar-refractivity contribution < 1.29 is 14.3 Å². The van der Waals surface area contributed by atoms with Gasteiger partial charge in [-0.2, -0.15) is 0 Å². The number of ether oxygens (including phenoxy) is 2. The first-order valence-corrected chi connectivity index (χ1v) is 5.07. The molecule has 0 bridgehead atoms. The van der Waals surface area contributed by atoms with Crippen LogP contribution in [-0.2, 0) is 17.9 Å². The van der Waals surface area contributed by atoms with Crippen LogP contribution >= 0.6 is 11.6 Å². The van der Waals surface area contributed by atoms with Gasteiger partial charge in [0.2, 0.25) is 6.79 Å². The summed E-state index contributed by atoms with van der Waals surface area (Å²) in [6.07, 6.45) is 0.821. The minimum absolute atomic E-state index is 0.217. The van der Waals surface area contributed by atoms with Crippen molar-refractivity contribution in [2.45, 2.75) is 20.0 Å². The summed E-state index contributed by atoms with van der Waals surface area (Å²) in [5.74, 6) is 6.40. The van der Waals surface area contributed by atoms with Crippen LogP contribution in [0.1, 0.15) is 18.1 Å². The fourth-order valence-electron chi connectivity index (χ4n) is 1.74. The number of benzene rings is 1. The predicted molar refractivity (Wildman–Crippen MR) is 55.9 cm³/mol. The van der Waals surface area contributed by atoms with Gasteiger partial charge in [-0.05, 0) is 18.1 Å². The van der Waals surface area contributed by atoms with E-state index in [2.05, 4.69) is 4.84 Å². The highest BCUT2D eigenvalue weighted by atomic mass is 35.5. The van der Waals surface area contributed by atoms with E-state index in [1.807, 2.05) is 6.92 Å². The summed E-state index contributed by atoms with van der Waals surface area (Å²) in [4.78, 5) is 4.63. The normalized spacial score (nSPS) is 13.3. The Morgan fingerprint density at radius 1 is 1.47 bits per heavy atom. The molecule has 0 atom stereocenters. The van der Waals surface area contributed by atoms with E-state index < -0.39 is 0 Å². The van der Waals surface area contributed by atoms with Crippen LogP contribution in [0, 0.1) is 0 Å². The molecule has 0 radical (unpaired) electrons. The fourth-order valence-corrected chi connectivity index (χ4v) is 2.01. The third-order valence-electron chi connectivity index (χ3n) is 2.38. The van der Waals surface area contributed by atoms with Crippen LogP contribution in [0.25, 0.3) is 0 Å². The average Bonchev–Trinajstić information content (AvgIpc) is 2.68. The van der Waals surface area contributed by atoms with E-state index in [0.29, 0.717) is 17.4 Å². The van der Waals surface area contributed by atoms with Crippen LogP contribution in [0.4, 0.5) is 0 Å². The highest BCUT2D eigenvalue weighted by molar-refractivity contribution is 6.32. The number of hydrogen-bond acceptors (Lipinski definition) is 4. The zero-order valence-corrected chi connectivity index (χ0v) is 9.13. The minimum atomic E-state index is 0.217. The summed E-state index contributed by atoms with van der Waals surface area (Å²) in [6.45, 7) is 2.57. The van der Waals surface area contributed by atoms with E-state index in [9.17, 15) is 0 Å². The summed E-state index contributed by atoms with van der Waals surface area (Å²) in [7, 11) is 0. The Morgan fingerprint density at radius 2 is 2.20 bits per heavy atom. The standard InChI is InChI=1S/C10H12ClNO3/c1-2-7-6(4-15-12)3-8(11)10-9(7)13-5-14-10/h3H,2,4-5,12H2,1H3. The zero-order valence-electron chi connectivity index (χ0n) is 8.38. The maximum atomic E-state index is 6.04. The van der Waals surface area contributed by atoms with Crippen molar-refractivity contribution in [2.75, 3.05) is 6.79 Å². The van der Waals surface area contributed by atoms with Gasteiger partial charge in [0.1, 0.15) is 0 Å². The van der Waals surface area contributed by atoms with Crippen molar-refractivity contribution in [3.63, 3.8) is 0 Å². The maximum absolute atomic E-state index is 6.04. The monoisotopic (exact) mass is 229 g/mol. The molecule has 0 saturated carbocycles. The lowest BCUT2D eigenvalue weighted by Crippen LogP contribution is -2.03. The fraction of sp³-hybridized carbons (Fsp3) is 0.400. The molecule has 0 amide bonds. The van der Waals surface area contributed by atoms with Crippen molar-refractivity contribution in [1.29, 1.82) is 0 Å². The Balaban J connectivity index is 2.52. The molecule has 1 aliphatic heterocycles. The van der Waals surface area contributed by atoms with Gasteiger partial charge in [-0.1, -0.05) is 18.5 Å². The Hall–Kier alpha value is -0.970. The molecule has 0 unspecified atom stereocenters. The highest BCUT2D eigenvalue weighted by Gasteiger charge is 2.23. The number of nitrogens with two attached hydrogens (primary N) is 1. The van der Waals surface area contributed by atoms with Crippen LogP contribution in [0.5, 0.6) is 11.5 Å². The quantitative estimate of drug-likeness (QED) is 0.806. The van der Waals surface area contributed by atoms with Crippen LogP contribution in [0.2, 0.25) is 5.02 Å². The van der Waals surface area contributed by atoms with Gasteiger partial charge in [-0.25, -0.2) is 5.90 Å². The molecule has 5 heteroatoms. The molecule has 1 aliphatic rings. The predicted octanol–water partition coefficient (Wildman–Crippen LogP) is 2.02. The molecule has 82 valence electrons. The second kappa shape index (κ2) is 4.26. The van der Waals surface area contributed by atoms with E-state index in [1.54, 1.807) is 6.07 Å². The van der Waals surface area contributed by atoms with Gasteiger partial charge in [-0.3, -0.25) is 4.84 Å². The van der Waals surface area contributed by atoms with Crippen LogP contribution in [0.15, 0.2) is 6.07 Å². The third kappa shape index (κ3) is 1.76. The summed E-state index contributed by atoms with van der Waals surface area (Å²) in [5, 5.41) is 0.534. The van der Waals surface area contributed by atoms with Gasteiger partial charge in [0.25, 0.3) is 0 Å². The molecule has 0 aromatic heterocycles. The average molecular weight is 230 g/mol. The summed E-state index contributed by atoms with van der Waals surface area (Å²) >= 11 is 6.04. The van der Waals surface area contributed by atoms with Crippen LogP contribution in [-0.4, -0.2) is 6.79 Å². The molecular formula is C10H12ClNO3. The Bertz CT molecular complexity index is 381. The zero-order chi connectivity index (χ0) is 10.8. The Labute approximate surface area is 92.8 Å². The molecule has 0 aliphatic carbocycles. The van der Waals surface area contributed by atoms with E-state index in [1.165, 1.54) is 0 Å². The van der Waals surface area contributed by atoms with E-state index >= 15 is 0 Å². The molecule has 1 aromatic carbocycles. The van der Waals surface area contributed by atoms with Crippen molar-refractivity contribution in [3.8, 4) is 11.5 Å². The molecule has 1 heterocycles. The third-order valence-corrected chi connectivity index (χ3v) is 2.67. The number of halogens is 1. The lowest BCUT2D eigenvalue weighted by atomic mass is 10.0. The molecule has 1 aromatic rings. The van der Waals surface area contributed by atoms with Gasteiger partial charge in [0.05, 0.1) is 11.6 Å². The van der Waals surface area contributed by atoms with Crippen molar-refractivity contribution in [2.24, 2.45) is 5.90 Å². The molecule has 4 nitrogen and oxygen atoms in total. The van der Waals surface area contributed by atoms with Crippen molar-refractivity contribution >= 4 is 11.6 Å². The van der Waals surface area contributed by atoms with Gasteiger partial charge < -0.3 is 9.47 Å². The van der Waals surface area contributed by atoms with Gasteiger partial charge in [0, 0.05) is 5.56 Å². The number of fused-ring (bicyclic) bond motifs is 1. The van der Waals surface area contributed by atoms with Crippen molar-refractivity contribution in [1.82, 2.24) is 0 Å². The van der Waals surface area contributed by atoms with E-state index in [4.69, 9.17) is 27.0 Å². The Kier molecular flexibility index (Phi) is 3.00. The molecule has 0 saturated heterocycles. The first kappa shape index (κ1) is 10.5. The molecule has 15 heavy (non-hydrogen) atoms. The van der Waals surface area contributed by atoms with E-state index in [-0.39, 0.29) is 6.79 Å². The van der Waals surface area contributed by atoms with Gasteiger partial charge in [0.15, 0.2) is 11.5 Å². The SMILES string of the molecule is CCc1c(CON)cc(Cl)c2c1OCO2. The van der Waals surface area contributed by atoms with Crippen molar-refractivity contribution in [3.05, 3.63) is 22.2 Å². The lowest BCUT2D eigenvalue weighted by molar-refractivity contribution is 0.123. The maximum Gasteiger partial charge on any atom is 0.231 e. The summed E-state index contributed by atoms with van der Waals surface area (Å²) < 4.78 is 10.7. The van der Waals surface area contributed by atoms with Crippen LogP contribution in [0.3, 0.4) is 0 Å². The Morgan fingerprint density at radius 3 is 2.87 bits per heavy atom. The number of hydrogen-bond donors (Lipinski definition) is 1.